The van der Waals surface area contributed by atoms with E-state index in [-0.39, 0.29) is 6.10 Å². The third-order valence-corrected chi connectivity index (χ3v) is 1.04. The van der Waals surface area contributed by atoms with Crippen molar-refractivity contribution in [1.29, 1.82) is 0 Å². The lowest BCUT2D eigenvalue weighted by molar-refractivity contribution is 0.0410. The maximum atomic E-state index is 7.16. The molecule has 0 radical (unpaired) electrons. The van der Waals surface area contributed by atoms with Gasteiger partial charge in [-0.1, -0.05) is 0 Å². The summed E-state index contributed by atoms with van der Waals surface area (Å²) in [5.74, 6) is 0. The lowest BCUT2D eigenvalue weighted by Gasteiger charge is -2.18. The minimum atomic E-state index is 0.251. The fraction of sp³-hybridized carbons (Fsp3) is 1.00. The Morgan fingerprint density at radius 1 is 2.00 bits per heavy atom. The molecule has 1 atom stereocenters. The van der Waals surface area contributed by atoms with Gasteiger partial charge in [0.2, 0.25) is 0 Å². The summed E-state index contributed by atoms with van der Waals surface area (Å²) < 4.78 is 12.3. The van der Waals surface area contributed by atoms with E-state index < -0.39 is 0 Å². The largest absolute Gasteiger partial charge is 0.376 e. The molecular formula is C5H11NO. The Balaban J connectivity index is 2.23. The van der Waals surface area contributed by atoms with Crippen molar-refractivity contribution in [2.75, 3.05) is 19.7 Å². The number of morpholine rings is 1. The molecule has 0 aromatic heterocycles. The van der Waals surface area contributed by atoms with Crippen LogP contribution in [-0.2, 0) is 4.74 Å². The molecule has 2 heteroatoms. The molecule has 1 N–H and O–H groups in total. The third kappa shape index (κ3) is 1.45. The molecular weight excluding hydrogens is 90.1 g/mol. The molecule has 1 aliphatic heterocycles. The van der Waals surface area contributed by atoms with E-state index in [0.29, 0.717) is 6.61 Å². The molecule has 42 valence electrons. The van der Waals surface area contributed by atoms with E-state index in [1.807, 2.05) is 6.92 Å². The highest BCUT2D eigenvalue weighted by atomic mass is 16.5. The minimum absolute atomic E-state index is 0.251. The summed E-state index contributed by atoms with van der Waals surface area (Å²) in [5, 5.41) is 1.54. The van der Waals surface area contributed by atoms with Gasteiger partial charge >= 0.3 is 0 Å². The SMILES string of the molecule is [2H]N1CCO[C@H](C)C1. The van der Waals surface area contributed by atoms with Crippen LogP contribution in [-0.4, -0.2) is 25.8 Å². The standard InChI is InChI=1S/C5H11NO/c1-5-4-6-2-3-7-5/h5-6H,2-4H2,1H3/t5-/m1/s1/i/hD. The zero-order valence-electron chi connectivity index (χ0n) is 5.55. The van der Waals surface area contributed by atoms with E-state index in [9.17, 15) is 0 Å². The molecule has 7 heavy (non-hydrogen) atoms. The highest BCUT2D eigenvalue weighted by Gasteiger charge is 2.04. The van der Waals surface area contributed by atoms with Gasteiger partial charge in [-0.2, -0.15) is 0 Å². The zero-order chi connectivity index (χ0) is 5.98. The van der Waals surface area contributed by atoms with Crippen LogP contribution in [0.3, 0.4) is 0 Å². The van der Waals surface area contributed by atoms with E-state index >= 15 is 0 Å². The van der Waals surface area contributed by atoms with Gasteiger partial charge in [-0.05, 0) is 6.92 Å². The van der Waals surface area contributed by atoms with Crippen LogP contribution in [0.2, 0.25) is 1.41 Å². The highest BCUT2D eigenvalue weighted by Crippen LogP contribution is 1.91. The quantitative estimate of drug-likeness (QED) is 0.464. The number of ether oxygens (including phenoxy) is 1. The lowest BCUT2D eigenvalue weighted by Crippen LogP contribution is -2.36. The molecule has 0 spiro atoms. The predicted octanol–water partition coefficient (Wildman–Crippen LogP) is -0.00530. The van der Waals surface area contributed by atoms with Crippen LogP contribution in [0.5, 0.6) is 0 Å². The topological polar surface area (TPSA) is 21.3 Å². The number of hydrogen-bond donors (Lipinski definition) is 1. The van der Waals surface area contributed by atoms with Crippen molar-refractivity contribution in [2.45, 2.75) is 13.0 Å². The maximum absolute atomic E-state index is 7.16. The van der Waals surface area contributed by atoms with E-state index in [1.54, 1.807) is 0 Å². The molecule has 0 amide bonds. The first-order chi connectivity index (χ1) is 3.79. The van der Waals surface area contributed by atoms with Gasteiger partial charge < -0.3 is 10.0 Å². The summed E-state index contributed by atoms with van der Waals surface area (Å²) in [4.78, 5) is 0. The first kappa shape index (κ1) is 3.87. The zero-order valence-corrected chi connectivity index (χ0v) is 4.55. The summed E-state index contributed by atoms with van der Waals surface area (Å²) in [6.45, 7) is 4.20. The van der Waals surface area contributed by atoms with Crippen LogP contribution >= 0.6 is 0 Å². The minimum Gasteiger partial charge on any atom is -0.376 e. The molecule has 1 aliphatic rings. The van der Waals surface area contributed by atoms with E-state index in [2.05, 4.69) is 0 Å². The van der Waals surface area contributed by atoms with Crippen molar-refractivity contribution in [1.82, 2.24) is 5.31 Å². The van der Waals surface area contributed by atoms with Crippen molar-refractivity contribution >= 4 is 0 Å². The molecule has 0 bridgehead atoms. The molecule has 0 aliphatic carbocycles. The highest BCUT2D eigenvalue weighted by molar-refractivity contribution is 4.59. The van der Waals surface area contributed by atoms with Crippen LogP contribution in [0.1, 0.15) is 6.92 Å². The number of rotatable bonds is 0. The number of nitrogens with one attached hydrogen (secondary N) is 1. The normalized spacial score (nSPS) is 37.9. The van der Waals surface area contributed by atoms with E-state index in [0.717, 1.165) is 13.1 Å². The Hall–Kier alpha value is -0.0800. The number of hydrogen-bond acceptors (Lipinski definition) is 2. The molecule has 1 heterocycles. The van der Waals surface area contributed by atoms with Crippen molar-refractivity contribution < 1.29 is 6.15 Å². The molecule has 1 fully saturated rings. The average Bonchev–Trinajstić information content (AvgIpc) is 1.64. The Morgan fingerprint density at radius 2 is 2.86 bits per heavy atom. The second kappa shape index (κ2) is 2.28. The van der Waals surface area contributed by atoms with Gasteiger partial charge in [-0.15, -0.1) is 0 Å². The van der Waals surface area contributed by atoms with Gasteiger partial charge in [-0.25, -0.2) is 0 Å². The van der Waals surface area contributed by atoms with Crippen LogP contribution in [0.4, 0.5) is 0 Å². The smallest absolute Gasteiger partial charge is 0.122 e. The Bertz CT molecular complexity index is 70.8. The first-order valence-electron chi connectivity index (χ1n) is 3.09. The fourth-order valence-corrected chi connectivity index (χ4v) is 0.644. The molecule has 1 saturated heterocycles. The summed E-state index contributed by atoms with van der Waals surface area (Å²) in [6, 6.07) is 0. The van der Waals surface area contributed by atoms with Gasteiger partial charge in [0, 0.05) is 13.1 Å². The molecule has 0 saturated carbocycles. The van der Waals surface area contributed by atoms with Crippen molar-refractivity contribution in [3.05, 3.63) is 0 Å². The summed E-state index contributed by atoms with van der Waals surface area (Å²) in [5.41, 5.74) is 0. The first-order valence-corrected chi connectivity index (χ1v) is 2.64. The lowest BCUT2D eigenvalue weighted by atomic mass is 10.3. The molecule has 0 aromatic carbocycles. The third-order valence-electron chi connectivity index (χ3n) is 1.04. The molecule has 1 rings (SSSR count). The summed E-state index contributed by atoms with van der Waals surface area (Å²) >= 11 is 0. The van der Waals surface area contributed by atoms with Gasteiger partial charge in [-0.3, -0.25) is 0 Å². The summed E-state index contributed by atoms with van der Waals surface area (Å²) in [7, 11) is 0. The van der Waals surface area contributed by atoms with Gasteiger partial charge in [0.25, 0.3) is 0 Å². The maximum Gasteiger partial charge on any atom is 0.122 e. The van der Waals surface area contributed by atoms with Crippen molar-refractivity contribution in [2.24, 2.45) is 0 Å². The van der Waals surface area contributed by atoms with Crippen LogP contribution in [0, 0.1) is 0 Å². The van der Waals surface area contributed by atoms with Gasteiger partial charge in [0.1, 0.15) is 1.41 Å². The fourth-order valence-electron chi connectivity index (χ4n) is 0.644. The van der Waals surface area contributed by atoms with E-state index in [1.165, 1.54) is 5.31 Å². The van der Waals surface area contributed by atoms with Crippen LogP contribution < -0.4 is 5.31 Å². The molecule has 0 unspecified atom stereocenters. The van der Waals surface area contributed by atoms with Crippen molar-refractivity contribution in [3.63, 3.8) is 0 Å². The van der Waals surface area contributed by atoms with Crippen molar-refractivity contribution in [3.8, 4) is 0 Å². The summed E-state index contributed by atoms with van der Waals surface area (Å²) in [6.07, 6.45) is 0.251. The Labute approximate surface area is 45.3 Å². The Morgan fingerprint density at radius 3 is 3.29 bits per heavy atom. The van der Waals surface area contributed by atoms with Gasteiger partial charge in [0.15, 0.2) is 0 Å². The predicted molar refractivity (Wildman–Crippen MR) is 28.3 cm³/mol. The second-order valence-corrected chi connectivity index (χ2v) is 1.81. The average molecular weight is 102 g/mol. The molecule has 2 nitrogen and oxygen atoms in total. The van der Waals surface area contributed by atoms with Gasteiger partial charge in [0.05, 0.1) is 12.7 Å². The Kier molecular flexibility index (Phi) is 1.26. The second-order valence-electron chi connectivity index (χ2n) is 1.81. The van der Waals surface area contributed by atoms with E-state index in [4.69, 9.17) is 6.15 Å². The van der Waals surface area contributed by atoms with Crippen LogP contribution in [0.25, 0.3) is 0 Å². The monoisotopic (exact) mass is 102 g/mol. The van der Waals surface area contributed by atoms with Crippen LogP contribution in [0.15, 0.2) is 0 Å². The molecule has 0 aromatic rings.